The third-order valence-corrected chi connectivity index (χ3v) is 4.21. The van der Waals surface area contributed by atoms with E-state index in [-0.39, 0.29) is 0 Å². The highest BCUT2D eigenvalue weighted by Gasteiger charge is 2.27. The zero-order valence-electron chi connectivity index (χ0n) is 11.5. The number of nitrogens with one attached hydrogen (secondary N) is 2. The lowest BCUT2D eigenvalue weighted by atomic mass is 10.1. The first kappa shape index (κ1) is 12.7. The van der Waals surface area contributed by atoms with Gasteiger partial charge in [-0.15, -0.1) is 0 Å². The largest absolute Gasteiger partial charge is 0.370 e. The predicted molar refractivity (Wildman–Crippen MR) is 76.8 cm³/mol. The minimum atomic E-state index is 0.542. The van der Waals surface area contributed by atoms with Gasteiger partial charge >= 0.3 is 0 Å². The van der Waals surface area contributed by atoms with Gasteiger partial charge in [0, 0.05) is 18.5 Å². The Hall–Kier alpha value is -1.36. The van der Waals surface area contributed by atoms with Crippen molar-refractivity contribution in [2.24, 2.45) is 17.7 Å². The quantitative estimate of drug-likeness (QED) is 0.561. The molecule has 4 N–H and O–H groups in total. The molecule has 0 radical (unpaired) electrons. The molecule has 0 bridgehead atoms. The second-order valence-corrected chi connectivity index (χ2v) is 6.08. The molecule has 0 spiro atoms. The van der Waals surface area contributed by atoms with Crippen LogP contribution in [0.1, 0.15) is 50.8 Å². The number of anilines is 2. The lowest BCUT2D eigenvalue weighted by Gasteiger charge is -2.13. The van der Waals surface area contributed by atoms with E-state index in [2.05, 4.69) is 27.6 Å². The average Bonchev–Trinajstić information content (AvgIpc) is 3.19. The molecule has 1 aromatic heterocycles. The zero-order chi connectivity index (χ0) is 13.2. The molecule has 1 heterocycles. The van der Waals surface area contributed by atoms with E-state index in [0.717, 1.165) is 30.0 Å². The van der Waals surface area contributed by atoms with Crippen LogP contribution in [0.5, 0.6) is 0 Å². The van der Waals surface area contributed by atoms with Gasteiger partial charge in [-0.05, 0) is 37.5 Å². The number of hydrogen-bond donors (Lipinski definition) is 3. The Labute approximate surface area is 114 Å². The molecule has 0 amide bonds. The summed E-state index contributed by atoms with van der Waals surface area (Å²) in [5, 5.41) is 3.46. The SMILES string of the molecule is CC1CCC(CNc2cc(NN)nc(C3CC3)n2)C1. The van der Waals surface area contributed by atoms with Crippen molar-refractivity contribution >= 4 is 11.6 Å². The molecule has 5 nitrogen and oxygen atoms in total. The lowest BCUT2D eigenvalue weighted by Crippen LogP contribution is -2.15. The predicted octanol–water partition coefficient (Wildman–Crippen LogP) is 2.49. The normalized spacial score (nSPS) is 26.4. The van der Waals surface area contributed by atoms with Crippen molar-refractivity contribution in [2.45, 2.75) is 44.9 Å². The molecule has 2 atom stereocenters. The summed E-state index contributed by atoms with van der Waals surface area (Å²) in [6.45, 7) is 3.35. The molecule has 2 aliphatic carbocycles. The second-order valence-electron chi connectivity index (χ2n) is 6.08. The number of rotatable bonds is 5. The molecule has 2 unspecified atom stereocenters. The minimum Gasteiger partial charge on any atom is -0.370 e. The first-order valence-electron chi connectivity index (χ1n) is 7.34. The molecule has 5 heteroatoms. The molecule has 0 aromatic carbocycles. The monoisotopic (exact) mass is 261 g/mol. The maximum atomic E-state index is 5.48. The summed E-state index contributed by atoms with van der Waals surface area (Å²) in [5.74, 6) is 10.2. The first-order chi connectivity index (χ1) is 9.24. The maximum Gasteiger partial charge on any atom is 0.145 e. The van der Waals surface area contributed by atoms with Crippen LogP contribution in [0.25, 0.3) is 0 Å². The second kappa shape index (κ2) is 5.33. The topological polar surface area (TPSA) is 75.9 Å². The molecule has 2 aliphatic rings. The summed E-state index contributed by atoms with van der Waals surface area (Å²) in [5.41, 5.74) is 2.63. The Bertz CT molecular complexity index is 443. The van der Waals surface area contributed by atoms with Crippen molar-refractivity contribution < 1.29 is 0 Å². The number of hydrazine groups is 1. The van der Waals surface area contributed by atoms with E-state index in [0.29, 0.717) is 11.7 Å². The van der Waals surface area contributed by atoms with Crippen molar-refractivity contribution in [2.75, 3.05) is 17.3 Å². The Morgan fingerprint density at radius 2 is 2.00 bits per heavy atom. The molecule has 19 heavy (non-hydrogen) atoms. The highest BCUT2D eigenvalue weighted by atomic mass is 15.3. The third kappa shape index (κ3) is 3.15. The van der Waals surface area contributed by atoms with Gasteiger partial charge in [0.05, 0.1) is 0 Å². The van der Waals surface area contributed by atoms with E-state index in [1.807, 2.05) is 6.07 Å². The number of aromatic nitrogens is 2. The van der Waals surface area contributed by atoms with Crippen LogP contribution in [0, 0.1) is 11.8 Å². The van der Waals surface area contributed by atoms with Gasteiger partial charge in [0.2, 0.25) is 0 Å². The summed E-state index contributed by atoms with van der Waals surface area (Å²) >= 11 is 0. The fourth-order valence-electron chi connectivity index (χ4n) is 2.91. The van der Waals surface area contributed by atoms with Gasteiger partial charge in [-0.2, -0.15) is 0 Å². The molecule has 0 saturated heterocycles. The molecular formula is C14H23N5. The van der Waals surface area contributed by atoms with Gasteiger partial charge in [-0.1, -0.05) is 13.3 Å². The highest BCUT2D eigenvalue weighted by molar-refractivity contribution is 5.47. The van der Waals surface area contributed by atoms with Crippen molar-refractivity contribution in [1.82, 2.24) is 9.97 Å². The molecule has 2 fully saturated rings. The summed E-state index contributed by atoms with van der Waals surface area (Å²) in [6.07, 6.45) is 6.42. The number of nitrogens with zero attached hydrogens (tertiary/aromatic N) is 2. The van der Waals surface area contributed by atoms with Gasteiger partial charge in [0.15, 0.2) is 0 Å². The van der Waals surface area contributed by atoms with Gasteiger partial charge in [0.25, 0.3) is 0 Å². The van der Waals surface area contributed by atoms with Crippen LogP contribution in [0.3, 0.4) is 0 Å². The minimum absolute atomic E-state index is 0.542. The van der Waals surface area contributed by atoms with Gasteiger partial charge in [0.1, 0.15) is 17.5 Å². The smallest absolute Gasteiger partial charge is 0.145 e. The maximum absolute atomic E-state index is 5.48. The van der Waals surface area contributed by atoms with Crippen LogP contribution in [0.2, 0.25) is 0 Å². The summed E-state index contributed by atoms with van der Waals surface area (Å²) in [4.78, 5) is 9.02. The zero-order valence-corrected chi connectivity index (χ0v) is 11.5. The van der Waals surface area contributed by atoms with Crippen LogP contribution < -0.4 is 16.6 Å². The van der Waals surface area contributed by atoms with Crippen molar-refractivity contribution in [3.8, 4) is 0 Å². The molecule has 104 valence electrons. The fourth-order valence-corrected chi connectivity index (χ4v) is 2.91. The Morgan fingerprint density at radius 3 is 2.63 bits per heavy atom. The van der Waals surface area contributed by atoms with Crippen LogP contribution in [0.4, 0.5) is 11.6 Å². The van der Waals surface area contributed by atoms with Crippen LogP contribution in [0.15, 0.2) is 6.07 Å². The molecule has 1 aromatic rings. The molecule has 0 aliphatic heterocycles. The van der Waals surface area contributed by atoms with E-state index in [9.17, 15) is 0 Å². The van der Waals surface area contributed by atoms with Crippen molar-refractivity contribution in [1.29, 1.82) is 0 Å². The average molecular weight is 261 g/mol. The number of hydrogen-bond acceptors (Lipinski definition) is 5. The molecular weight excluding hydrogens is 238 g/mol. The highest BCUT2D eigenvalue weighted by Crippen LogP contribution is 2.39. The van der Waals surface area contributed by atoms with Crippen molar-refractivity contribution in [3.05, 3.63) is 11.9 Å². The van der Waals surface area contributed by atoms with Crippen LogP contribution in [-0.2, 0) is 0 Å². The molecule has 3 rings (SSSR count). The van der Waals surface area contributed by atoms with Gasteiger partial charge in [-0.25, -0.2) is 15.8 Å². The van der Waals surface area contributed by atoms with E-state index in [1.54, 1.807) is 0 Å². The summed E-state index contributed by atoms with van der Waals surface area (Å²) in [7, 11) is 0. The number of nitrogen functional groups attached to an aromatic ring is 1. The molecule has 2 saturated carbocycles. The van der Waals surface area contributed by atoms with Gasteiger partial charge in [-0.3, -0.25) is 0 Å². The third-order valence-electron chi connectivity index (χ3n) is 4.21. The number of nitrogens with two attached hydrogens (primary N) is 1. The van der Waals surface area contributed by atoms with Gasteiger partial charge < -0.3 is 10.7 Å². The first-order valence-corrected chi connectivity index (χ1v) is 7.34. The van der Waals surface area contributed by atoms with Crippen molar-refractivity contribution in [3.63, 3.8) is 0 Å². The Kier molecular flexibility index (Phi) is 3.55. The summed E-state index contributed by atoms with van der Waals surface area (Å²) < 4.78 is 0. The van der Waals surface area contributed by atoms with E-state index >= 15 is 0 Å². The Morgan fingerprint density at radius 1 is 1.21 bits per heavy atom. The fraction of sp³-hybridized carbons (Fsp3) is 0.714. The van der Waals surface area contributed by atoms with Crippen LogP contribution in [-0.4, -0.2) is 16.5 Å². The van der Waals surface area contributed by atoms with E-state index < -0.39 is 0 Å². The standard InChI is InChI=1S/C14H23N5/c1-9-2-3-10(6-9)8-16-12-7-13(19-15)18-14(17-12)11-4-5-11/h7,9-11H,2-6,8,15H2,1H3,(H2,16,17,18,19). The van der Waals surface area contributed by atoms with Crippen LogP contribution >= 0.6 is 0 Å². The van der Waals surface area contributed by atoms with E-state index in [4.69, 9.17) is 5.84 Å². The Balaban J connectivity index is 1.64. The summed E-state index contributed by atoms with van der Waals surface area (Å²) in [6, 6.07) is 1.89. The van der Waals surface area contributed by atoms with E-state index in [1.165, 1.54) is 32.1 Å². The lowest BCUT2D eigenvalue weighted by molar-refractivity contribution is 0.536.